The molecule has 0 spiro atoms. The van der Waals surface area contributed by atoms with Crippen LogP contribution in [-0.4, -0.2) is 32.1 Å². The Balaban J connectivity index is 0.000000292. The zero-order valence-electron chi connectivity index (χ0n) is 13.2. The van der Waals surface area contributed by atoms with Gasteiger partial charge in [0.05, 0.1) is 17.9 Å². The Morgan fingerprint density at radius 2 is 2.08 bits per heavy atom. The standard InChI is InChI=1S/C13H15NO3S.C4H4N2/c15-13-6-3-10-9-11(4-5-12(10)14-13)17-7-1-2-8-18-16;1-2-5-4-6-3-1/h4-5,8-9H,1-3,6-7H2,(H,14,15);1-4H. The maximum atomic E-state index is 11.2. The maximum Gasteiger partial charge on any atom is 0.224 e. The summed E-state index contributed by atoms with van der Waals surface area (Å²) in [5.74, 6) is 0.890. The summed E-state index contributed by atoms with van der Waals surface area (Å²) in [5.41, 5.74) is 2.00. The number of unbranched alkanes of at least 4 members (excludes halogenated alkanes) is 1. The topological polar surface area (TPSA) is 81.2 Å². The largest absolute Gasteiger partial charge is 0.494 e. The summed E-state index contributed by atoms with van der Waals surface area (Å²) in [4.78, 5) is 18.6. The van der Waals surface area contributed by atoms with Gasteiger partial charge in [-0.15, -0.1) is 0 Å². The molecule has 6 nitrogen and oxygen atoms in total. The van der Waals surface area contributed by atoms with Crippen LogP contribution < -0.4 is 10.1 Å². The Morgan fingerprint density at radius 1 is 1.25 bits per heavy atom. The molecular weight excluding hydrogens is 326 g/mol. The molecule has 24 heavy (non-hydrogen) atoms. The van der Waals surface area contributed by atoms with Crippen molar-refractivity contribution in [3.63, 3.8) is 0 Å². The van der Waals surface area contributed by atoms with Gasteiger partial charge in [0.25, 0.3) is 0 Å². The number of ether oxygens (including phenoxy) is 1. The molecule has 0 saturated heterocycles. The van der Waals surface area contributed by atoms with Crippen molar-refractivity contribution >= 4 is 28.2 Å². The number of benzene rings is 1. The lowest BCUT2D eigenvalue weighted by molar-refractivity contribution is -0.116. The van der Waals surface area contributed by atoms with Gasteiger partial charge in [-0.05, 0) is 49.1 Å². The lowest BCUT2D eigenvalue weighted by Gasteiger charge is -2.17. The number of amides is 1. The van der Waals surface area contributed by atoms with E-state index in [2.05, 4.69) is 15.3 Å². The fraction of sp³-hybridized carbons (Fsp3) is 0.294. The van der Waals surface area contributed by atoms with Gasteiger partial charge < -0.3 is 10.1 Å². The van der Waals surface area contributed by atoms with Gasteiger partial charge in [0.1, 0.15) is 12.1 Å². The molecule has 1 aromatic heterocycles. The van der Waals surface area contributed by atoms with Crippen molar-refractivity contribution in [1.29, 1.82) is 0 Å². The number of nitrogens with zero attached hydrogens (tertiary/aromatic N) is 2. The molecule has 2 aromatic rings. The van der Waals surface area contributed by atoms with Gasteiger partial charge in [0.2, 0.25) is 5.91 Å². The van der Waals surface area contributed by atoms with Crippen LogP contribution in [0.3, 0.4) is 0 Å². The first-order chi connectivity index (χ1) is 11.8. The molecule has 2 heterocycles. The van der Waals surface area contributed by atoms with Crippen LogP contribution in [0.1, 0.15) is 24.8 Å². The Kier molecular flexibility index (Phi) is 7.62. The molecule has 1 aromatic carbocycles. The maximum absolute atomic E-state index is 11.2. The first kappa shape index (κ1) is 17.8. The van der Waals surface area contributed by atoms with Gasteiger partial charge in [0.15, 0.2) is 0 Å². The minimum atomic E-state index is 0.0711. The van der Waals surface area contributed by atoms with E-state index in [4.69, 9.17) is 4.74 Å². The number of hydrogen-bond donors (Lipinski definition) is 1. The van der Waals surface area contributed by atoms with Gasteiger partial charge in [-0.2, -0.15) is 0 Å². The number of nitrogens with one attached hydrogen (secondary N) is 1. The fourth-order valence-electron chi connectivity index (χ4n) is 2.11. The van der Waals surface area contributed by atoms with E-state index in [1.54, 1.807) is 23.8 Å². The molecule has 0 atom stereocenters. The van der Waals surface area contributed by atoms with E-state index in [-0.39, 0.29) is 5.91 Å². The summed E-state index contributed by atoms with van der Waals surface area (Å²) in [6, 6.07) is 7.48. The molecule has 0 bridgehead atoms. The van der Waals surface area contributed by atoms with E-state index in [1.165, 1.54) is 6.33 Å². The summed E-state index contributed by atoms with van der Waals surface area (Å²) >= 11 is 0.496. The highest BCUT2D eigenvalue weighted by Crippen LogP contribution is 2.26. The van der Waals surface area contributed by atoms with Crippen LogP contribution in [0, 0.1) is 0 Å². The highest BCUT2D eigenvalue weighted by molar-refractivity contribution is 7.64. The number of fused-ring (bicyclic) bond motifs is 1. The van der Waals surface area contributed by atoms with Crippen LogP contribution in [0.15, 0.2) is 43.0 Å². The van der Waals surface area contributed by atoms with Gasteiger partial charge >= 0.3 is 0 Å². The second kappa shape index (κ2) is 10.3. The van der Waals surface area contributed by atoms with E-state index >= 15 is 0 Å². The third-order valence-corrected chi connectivity index (χ3v) is 3.62. The van der Waals surface area contributed by atoms with Crippen molar-refractivity contribution in [2.24, 2.45) is 0 Å². The van der Waals surface area contributed by atoms with Crippen LogP contribution >= 0.6 is 0 Å². The molecule has 0 unspecified atom stereocenters. The van der Waals surface area contributed by atoms with Gasteiger partial charge in [-0.3, -0.25) is 4.79 Å². The number of aryl methyl sites for hydroxylation is 1. The molecule has 0 fully saturated rings. The highest BCUT2D eigenvalue weighted by Gasteiger charge is 2.14. The first-order valence-electron chi connectivity index (χ1n) is 7.65. The predicted octanol–water partition coefficient (Wildman–Crippen LogP) is 2.22. The lowest BCUT2D eigenvalue weighted by atomic mass is 10.0. The van der Waals surface area contributed by atoms with Gasteiger partial charge in [-0.25, -0.2) is 14.2 Å². The highest BCUT2D eigenvalue weighted by atomic mass is 32.1. The normalized spacial score (nSPS) is 12.1. The van der Waals surface area contributed by atoms with E-state index < -0.39 is 0 Å². The first-order valence-corrected chi connectivity index (χ1v) is 8.46. The Bertz CT molecular complexity index is 677. The van der Waals surface area contributed by atoms with Crippen LogP contribution in [0.25, 0.3) is 0 Å². The van der Waals surface area contributed by atoms with Crippen molar-refractivity contribution in [1.82, 2.24) is 9.97 Å². The molecular formula is C17H19N3O3S. The third kappa shape index (κ3) is 6.29. The molecule has 126 valence electrons. The summed E-state index contributed by atoms with van der Waals surface area (Å²) in [5, 5.41) is 4.46. The van der Waals surface area contributed by atoms with Crippen molar-refractivity contribution in [3.05, 3.63) is 48.5 Å². The summed E-state index contributed by atoms with van der Waals surface area (Å²) in [7, 11) is 0. The number of anilines is 1. The van der Waals surface area contributed by atoms with Crippen LogP contribution in [0.2, 0.25) is 0 Å². The van der Waals surface area contributed by atoms with Crippen molar-refractivity contribution < 1.29 is 13.7 Å². The second-order valence-electron chi connectivity index (χ2n) is 5.02. The molecule has 1 N–H and O–H groups in total. The van der Waals surface area contributed by atoms with E-state index in [0.29, 0.717) is 24.3 Å². The van der Waals surface area contributed by atoms with E-state index in [9.17, 15) is 9.00 Å². The summed E-state index contributed by atoms with van der Waals surface area (Å²) in [6.07, 6.45) is 7.77. The minimum Gasteiger partial charge on any atom is -0.494 e. The number of carbonyl (C=O) groups is 1. The van der Waals surface area contributed by atoms with Crippen molar-refractivity contribution in [2.45, 2.75) is 25.7 Å². The smallest absolute Gasteiger partial charge is 0.224 e. The Hall–Kier alpha value is -2.54. The van der Waals surface area contributed by atoms with Gasteiger partial charge in [0, 0.05) is 29.9 Å². The average Bonchev–Trinajstić information content (AvgIpc) is 2.63. The predicted molar refractivity (Wildman–Crippen MR) is 94.4 cm³/mol. The zero-order chi connectivity index (χ0) is 17.0. The SMILES string of the molecule is O=S=CCCCOc1ccc2c(c1)CCC(=O)N2.c1cncnc1. The number of carbonyl (C=O) groups excluding carboxylic acids is 1. The molecule has 0 aliphatic carbocycles. The van der Waals surface area contributed by atoms with Crippen molar-refractivity contribution in [2.75, 3.05) is 11.9 Å². The van der Waals surface area contributed by atoms with Crippen LogP contribution in [-0.2, 0) is 22.5 Å². The molecule has 1 amide bonds. The number of aromatic nitrogens is 2. The van der Waals surface area contributed by atoms with E-state index in [1.807, 2.05) is 18.2 Å². The lowest BCUT2D eigenvalue weighted by Crippen LogP contribution is -2.18. The Labute approximate surface area is 144 Å². The fourth-order valence-corrected chi connectivity index (χ4v) is 2.37. The average molecular weight is 345 g/mol. The molecule has 0 saturated carbocycles. The monoisotopic (exact) mass is 345 g/mol. The van der Waals surface area contributed by atoms with Crippen LogP contribution in [0.4, 0.5) is 5.69 Å². The number of hydrogen-bond acceptors (Lipinski definition) is 5. The zero-order valence-corrected chi connectivity index (χ0v) is 14.0. The molecule has 1 aliphatic heterocycles. The number of rotatable bonds is 5. The van der Waals surface area contributed by atoms with Gasteiger partial charge in [-0.1, -0.05) is 0 Å². The minimum absolute atomic E-state index is 0.0711. The van der Waals surface area contributed by atoms with E-state index in [0.717, 1.165) is 36.3 Å². The molecule has 3 rings (SSSR count). The molecule has 1 aliphatic rings. The second-order valence-corrected chi connectivity index (χ2v) is 5.55. The molecule has 7 heteroatoms. The van der Waals surface area contributed by atoms with Crippen molar-refractivity contribution in [3.8, 4) is 5.75 Å². The summed E-state index contributed by atoms with van der Waals surface area (Å²) in [6.45, 7) is 0.599. The third-order valence-electron chi connectivity index (χ3n) is 3.25. The summed E-state index contributed by atoms with van der Waals surface area (Å²) < 4.78 is 15.7. The molecule has 0 radical (unpaired) electrons. The Morgan fingerprint density at radius 3 is 2.75 bits per heavy atom. The van der Waals surface area contributed by atoms with Crippen LogP contribution in [0.5, 0.6) is 5.75 Å². The quantitative estimate of drug-likeness (QED) is 0.664.